The maximum Gasteiger partial charge on any atom is 0.226 e. The molecule has 0 aliphatic heterocycles. The topological polar surface area (TPSA) is 49.8 Å². The van der Waals surface area contributed by atoms with Crippen LogP contribution < -0.4 is 10.6 Å². The van der Waals surface area contributed by atoms with Gasteiger partial charge in [-0.2, -0.15) is 0 Å². The van der Waals surface area contributed by atoms with E-state index in [9.17, 15) is 0 Å². The lowest BCUT2D eigenvalue weighted by Crippen LogP contribution is -1.99. The Bertz CT molecular complexity index is 515. The summed E-state index contributed by atoms with van der Waals surface area (Å²) in [6, 6.07) is 9.40. The van der Waals surface area contributed by atoms with E-state index in [2.05, 4.69) is 33.2 Å². The van der Waals surface area contributed by atoms with E-state index in [4.69, 9.17) is 11.6 Å². The first-order valence-corrected chi connectivity index (χ1v) is 5.78. The number of thiol groups is 1. The van der Waals surface area contributed by atoms with Crippen molar-refractivity contribution in [3.63, 3.8) is 0 Å². The maximum absolute atomic E-state index is 5.81. The fourth-order valence-corrected chi connectivity index (χ4v) is 1.63. The Kier molecular flexibility index (Phi) is 3.71. The van der Waals surface area contributed by atoms with Gasteiger partial charge in [-0.05, 0) is 35.9 Å². The van der Waals surface area contributed by atoms with Gasteiger partial charge in [0.05, 0.1) is 0 Å². The van der Waals surface area contributed by atoms with E-state index in [1.165, 1.54) is 0 Å². The van der Waals surface area contributed by atoms with Crippen molar-refractivity contribution < 1.29 is 0 Å². The molecule has 1 heterocycles. The van der Waals surface area contributed by atoms with Crippen LogP contribution in [0.25, 0.3) is 0 Å². The fraction of sp³-hybridized carbons (Fsp3) is 0.0909. The third-order valence-electron chi connectivity index (χ3n) is 2.09. The van der Waals surface area contributed by atoms with E-state index >= 15 is 0 Å². The molecule has 0 saturated heterocycles. The van der Waals surface area contributed by atoms with Crippen LogP contribution in [0.2, 0.25) is 5.28 Å². The standard InChI is InChI=1S/C11H11ClN4S/c1-13-9-6-10(16-11(12)15-9)14-7-2-4-8(17)5-3-7/h2-6,17H,1H3,(H2,13,14,15,16). The average Bonchev–Trinajstić information content (AvgIpc) is 2.31. The molecule has 0 saturated carbocycles. The molecule has 0 fully saturated rings. The predicted molar refractivity (Wildman–Crippen MR) is 73.6 cm³/mol. The molecule has 2 rings (SSSR count). The third kappa shape index (κ3) is 3.25. The molecule has 0 amide bonds. The molecule has 0 spiro atoms. The van der Waals surface area contributed by atoms with E-state index in [1.807, 2.05) is 24.3 Å². The molecule has 0 bridgehead atoms. The highest BCUT2D eigenvalue weighted by Gasteiger charge is 2.02. The van der Waals surface area contributed by atoms with Crippen LogP contribution in [0.4, 0.5) is 17.3 Å². The number of aromatic nitrogens is 2. The summed E-state index contributed by atoms with van der Waals surface area (Å²) in [5.74, 6) is 1.31. The second kappa shape index (κ2) is 5.25. The zero-order valence-electron chi connectivity index (χ0n) is 9.11. The van der Waals surface area contributed by atoms with Crippen LogP contribution >= 0.6 is 24.2 Å². The molecule has 17 heavy (non-hydrogen) atoms. The van der Waals surface area contributed by atoms with E-state index in [0.717, 1.165) is 10.6 Å². The smallest absolute Gasteiger partial charge is 0.226 e. The van der Waals surface area contributed by atoms with Crippen molar-refractivity contribution in [3.05, 3.63) is 35.6 Å². The van der Waals surface area contributed by atoms with Gasteiger partial charge in [-0.1, -0.05) is 0 Å². The summed E-state index contributed by atoms with van der Waals surface area (Å²) in [5, 5.41) is 6.25. The molecular formula is C11H11ClN4S. The number of rotatable bonds is 3. The molecule has 2 aromatic rings. The van der Waals surface area contributed by atoms with Gasteiger partial charge in [0.2, 0.25) is 5.28 Å². The van der Waals surface area contributed by atoms with Crippen LogP contribution in [-0.4, -0.2) is 17.0 Å². The number of benzene rings is 1. The quantitative estimate of drug-likeness (QED) is 0.590. The summed E-state index contributed by atoms with van der Waals surface area (Å²) in [4.78, 5) is 8.99. The molecule has 0 unspecified atom stereocenters. The maximum atomic E-state index is 5.81. The largest absolute Gasteiger partial charge is 0.373 e. The zero-order chi connectivity index (χ0) is 12.3. The van der Waals surface area contributed by atoms with Crippen molar-refractivity contribution in [1.82, 2.24) is 9.97 Å². The number of nitrogens with one attached hydrogen (secondary N) is 2. The molecule has 88 valence electrons. The van der Waals surface area contributed by atoms with Gasteiger partial charge < -0.3 is 10.6 Å². The van der Waals surface area contributed by atoms with Gasteiger partial charge in [0.1, 0.15) is 11.6 Å². The van der Waals surface area contributed by atoms with Crippen LogP contribution in [0.1, 0.15) is 0 Å². The highest BCUT2D eigenvalue weighted by Crippen LogP contribution is 2.20. The van der Waals surface area contributed by atoms with Gasteiger partial charge in [0, 0.05) is 23.7 Å². The number of hydrogen-bond donors (Lipinski definition) is 3. The minimum atomic E-state index is 0.199. The Labute approximate surface area is 110 Å². The number of halogens is 1. The zero-order valence-corrected chi connectivity index (χ0v) is 10.8. The minimum Gasteiger partial charge on any atom is -0.373 e. The number of nitrogens with zero attached hydrogens (tertiary/aromatic N) is 2. The molecule has 0 atom stereocenters. The number of hydrogen-bond acceptors (Lipinski definition) is 5. The summed E-state index contributed by atoms with van der Waals surface area (Å²) in [7, 11) is 1.78. The first-order valence-electron chi connectivity index (χ1n) is 4.96. The molecular weight excluding hydrogens is 256 g/mol. The van der Waals surface area contributed by atoms with Crippen LogP contribution in [-0.2, 0) is 0 Å². The van der Waals surface area contributed by atoms with Gasteiger partial charge in [0.25, 0.3) is 0 Å². The van der Waals surface area contributed by atoms with Crippen molar-refractivity contribution in [2.45, 2.75) is 4.90 Å². The van der Waals surface area contributed by atoms with E-state index < -0.39 is 0 Å². The predicted octanol–water partition coefficient (Wildman–Crippen LogP) is 3.20. The Balaban J connectivity index is 2.23. The summed E-state index contributed by atoms with van der Waals surface area (Å²) in [6.07, 6.45) is 0. The third-order valence-corrected chi connectivity index (χ3v) is 2.56. The molecule has 1 aromatic heterocycles. The SMILES string of the molecule is CNc1cc(Nc2ccc(S)cc2)nc(Cl)n1. The van der Waals surface area contributed by atoms with Crippen molar-refractivity contribution in [2.24, 2.45) is 0 Å². The Morgan fingerprint density at radius 3 is 2.41 bits per heavy atom. The van der Waals surface area contributed by atoms with E-state index in [1.54, 1.807) is 13.1 Å². The first-order chi connectivity index (χ1) is 8.17. The Morgan fingerprint density at radius 2 is 1.76 bits per heavy atom. The highest BCUT2D eigenvalue weighted by atomic mass is 35.5. The lowest BCUT2D eigenvalue weighted by atomic mass is 10.3. The highest BCUT2D eigenvalue weighted by molar-refractivity contribution is 7.80. The van der Waals surface area contributed by atoms with Crippen LogP contribution in [0.5, 0.6) is 0 Å². The van der Waals surface area contributed by atoms with Gasteiger partial charge in [-0.3, -0.25) is 0 Å². The van der Waals surface area contributed by atoms with Crippen LogP contribution in [0.15, 0.2) is 35.2 Å². The van der Waals surface area contributed by atoms with E-state index in [-0.39, 0.29) is 5.28 Å². The van der Waals surface area contributed by atoms with Gasteiger partial charge in [-0.15, -0.1) is 12.6 Å². The summed E-state index contributed by atoms with van der Waals surface area (Å²) in [5.41, 5.74) is 0.916. The van der Waals surface area contributed by atoms with Gasteiger partial charge in [-0.25, -0.2) is 9.97 Å². The lowest BCUT2D eigenvalue weighted by Gasteiger charge is -2.07. The van der Waals surface area contributed by atoms with Crippen molar-refractivity contribution in [3.8, 4) is 0 Å². The summed E-state index contributed by atoms with van der Waals surface area (Å²) >= 11 is 10.0. The fourth-order valence-electron chi connectivity index (χ4n) is 1.30. The molecule has 6 heteroatoms. The van der Waals surface area contributed by atoms with Crippen LogP contribution in [0, 0.1) is 0 Å². The van der Waals surface area contributed by atoms with Crippen molar-refractivity contribution in [1.29, 1.82) is 0 Å². The minimum absolute atomic E-state index is 0.199. The summed E-state index contributed by atoms with van der Waals surface area (Å²) < 4.78 is 0. The van der Waals surface area contributed by atoms with Gasteiger partial charge in [0.15, 0.2) is 0 Å². The van der Waals surface area contributed by atoms with Crippen molar-refractivity contribution in [2.75, 3.05) is 17.7 Å². The lowest BCUT2D eigenvalue weighted by molar-refractivity contribution is 1.16. The van der Waals surface area contributed by atoms with Crippen LogP contribution in [0.3, 0.4) is 0 Å². The first kappa shape index (κ1) is 12.0. The monoisotopic (exact) mass is 266 g/mol. The molecule has 1 aromatic carbocycles. The molecule has 2 N–H and O–H groups in total. The van der Waals surface area contributed by atoms with E-state index in [0.29, 0.717) is 11.6 Å². The molecule has 0 aliphatic rings. The normalized spacial score (nSPS) is 10.1. The summed E-state index contributed by atoms with van der Waals surface area (Å²) in [6.45, 7) is 0. The Hall–Kier alpha value is -1.46. The average molecular weight is 267 g/mol. The van der Waals surface area contributed by atoms with Gasteiger partial charge >= 0.3 is 0 Å². The molecule has 0 radical (unpaired) electrons. The molecule has 4 nitrogen and oxygen atoms in total. The Morgan fingerprint density at radius 1 is 1.12 bits per heavy atom. The second-order valence-electron chi connectivity index (χ2n) is 3.33. The number of anilines is 3. The van der Waals surface area contributed by atoms with Crippen molar-refractivity contribution >= 4 is 41.6 Å². The molecule has 0 aliphatic carbocycles. The second-order valence-corrected chi connectivity index (χ2v) is 4.18.